The van der Waals surface area contributed by atoms with Gasteiger partial charge in [0.15, 0.2) is 0 Å². The number of urea groups is 1. The van der Waals surface area contributed by atoms with E-state index in [1.807, 2.05) is 0 Å². The molecule has 3 fully saturated rings. The summed E-state index contributed by atoms with van der Waals surface area (Å²) in [5, 5.41) is 12.0. The molecular weight excluding hydrogens is 297 g/mol. The minimum atomic E-state index is -4.40. The van der Waals surface area contributed by atoms with Crippen LogP contribution in [0.4, 0.5) is 18.0 Å². The van der Waals surface area contributed by atoms with E-state index in [-0.39, 0.29) is 12.1 Å². The first-order valence-electron chi connectivity index (χ1n) is 8.20. The van der Waals surface area contributed by atoms with Crippen molar-refractivity contribution in [3.05, 3.63) is 0 Å². The Labute approximate surface area is 128 Å². The molecule has 2 amide bonds. The molecule has 1 saturated carbocycles. The molecule has 1 aliphatic carbocycles. The number of hydrogen-bond donors (Lipinski definition) is 2. The third-order valence-electron chi connectivity index (χ3n) is 5.45. The van der Waals surface area contributed by atoms with Crippen molar-refractivity contribution in [2.75, 3.05) is 0 Å². The minimum Gasteiger partial charge on any atom is -0.393 e. The fraction of sp³-hybridized carbons (Fsp3) is 0.933. The normalized spacial score (nSPS) is 34.0. The number of rotatable bonds is 2. The molecule has 3 rings (SSSR count). The fourth-order valence-corrected chi connectivity index (χ4v) is 4.45. The third-order valence-corrected chi connectivity index (χ3v) is 5.45. The number of hydrogen-bond acceptors (Lipinski definition) is 2. The maximum atomic E-state index is 13.3. The van der Waals surface area contributed by atoms with Gasteiger partial charge < -0.3 is 15.3 Å². The summed E-state index contributed by atoms with van der Waals surface area (Å²) >= 11 is 0. The van der Waals surface area contributed by atoms with Gasteiger partial charge in [-0.3, -0.25) is 0 Å². The summed E-state index contributed by atoms with van der Waals surface area (Å²) < 4.78 is 39.9. The van der Waals surface area contributed by atoms with Gasteiger partial charge in [-0.05, 0) is 44.4 Å². The van der Waals surface area contributed by atoms with Crippen molar-refractivity contribution in [3.8, 4) is 0 Å². The van der Waals surface area contributed by atoms with Gasteiger partial charge in [0.05, 0.1) is 6.10 Å². The predicted octanol–water partition coefficient (Wildman–Crippen LogP) is 2.80. The lowest BCUT2D eigenvalue weighted by molar-refractivity contribution is -0.165. The highest BCUT2D eigenvalue weighted by molar-refractivity contribution is 5.76. The Morgan fingerprint density at radius 3 is 2.14 bits per heavy atom. The summed E-state index contributed by atoms with van der Waals surface area (Å²) in [7, 11) is 0. The Bertz CT molecular complexity index is 410. The number of alkyl halides is 3. The maximum Gasteiger partial charge on any atom is 0.408 e. The lowest BCUT2D eigenvalue weighted by atomic mass is 9.97. The summed E-state index contributed by atoms with van der Waals surface area (Å²) in [6.45, 7) is 0. The van der Waals surface area contributed by atoms with E-state index in [4.69, 9.17) is 0 Å². The number of piperidine rings is 1. The monoisotopic (exact) mass is 320 g/mol. The van der Waals surface area contributed by atoms with E-state index in [0.717, 1.165) is 25.7 Å². The fourth-order valence-electron chi connectivity index (χ4n) is 4.45. The number of carbonyl (C=O) groups excluding carboxylic acids is 1. The highest BCUT2D eigenvalue weighted by atomic mass is 19.4. The van der Waals surface area contributed by atoms with Crippen LogP contribution in [0.1, 0.15) is 51.4 Å². The van der Waals surface area contributed by atoms with Gasteiger partial charge in [-0.2, -0.15) is 13.2 Å². The summed E-state index contributed by atoms with van der Waals surface area (Å²) in [6, 6.07) is -2.58. The van der Waals surface area contributed by atoms with Crippen molar-refractivity contribution in [2.45, 2.75) is 81.8 Å². The van der Waals surface area contributed by atoms with Crippen LogP contribution in [0.25, 0.3) is 0 Å². The van der Waals surface area contributed by atoms with Crippen molar-refractivity contribution >= 4 is 6.03 Å². The molecule has 2 bridgehead atoms. The number of halogens is 3. The molecule has 2 aliphatic heterocycles. The van der Waals surface area contributed by atoms with Gasteiger partial charge in [0, 0.05) is 12.1 Å². The van der Waals surface area contributed by atoms with Crippen LogP contribution >= 0.6 is 0 Å². The molecule has 3 atom stereocenters. The topological polar surface area (TPSA) is 52.6 Å². The summed E-state index contributed by atoms with van der Waals surface area (Å²) in [6.07, 6.45) is 0.307. The van der Waals surface area contributed by atoms with Crippen LogP contribution in [0.5, 0.6) is 0 Å². The molecule has 7 heteroatoms. The second-order valence-corrected chi connectivity index (χ2v) is 6.93. The molecule has 2 heterocycles. The first kappa shape index (κ1) is 15.9. The molecule has 2 saturated heterocycles. The Morgan fingerprint density at radius 1 is 1.09 bits per heavy atom. The molecule has 3 aliphatic rings. The lowest BCUT2D eigenvalue weighted by Crippen LogP contribution is -2.58. The van der Waals surface area contributed by atoms with Gasteiger partial charge in [-0.25, -0.2) is 4.79 Å². The van der Waals surface area contributed by atoms with Crippen LogP contribution in [0.15, 0.2) is 0 Å². The number of fused-ring (bicyclic) bond motifs is 2. The quantitative estimate of drug-likeness (QED) is 0.822. The predicted molar refractivity (Wildman–Crippen MR) is 74.2 cm³/mol. The zero-order chi connectivity index (χ0) is 15.9. The first-order valence-corrected chi connectivity index (χ1v) is 8.20. The van der Waals surface area contributed by atoms with Crippen LogP contribution in [-0.2, 0) is 0 Å². The van der Waals surface area contributed by atoms with Crippen LogP contribution in [0.2, 0.25) is 0 Å². The number of amides is 2. The molecule has 126 valence electrons. The van der Waals surface area contributed by atoms with E-state index in [1.165, 1.54) is 0 Å². The summed E-state index contributed by atoms with van der Waals surface area (Å²) in [4.78, 5) is 14.0. The second-order valence-electron chi connectivity index (χ2n) is 6.93. The van der Waals surface area contributed by atoms with E-state index in [2.05, 4.69) is 5.32 Å². The number of nitrogens with one attached hydrogen (secondary N) is 1. The van der Waals surface area contributed by atoms with Gasteiger partial charge in [0.25, 0.3) is 0 Å². The maximum absolute atomic E-state index is 13.3. The third kappa shape index (κ3) is 3.05. The number of nitrogens with zero attached hydrogens (tertiary/aromatic N) is 1. The van der Waals surface area contributed by atoms with Crippen molar-refractivity contribution in [1.82, 2.24) is 10.2 Å². The van der Waals surface area contributed by atoms with Crippen molar-refractivity contribution in [2.24, 2.45) is 5.92 Å². The van der Waals surface area contributed by atoms with Gasteiger partial charge >= 0.3 is 12.2 Å². The van der Waals surface area contributed by atoms with E-state index < -0.39 is 30.3 Å². The Morgan fingerprint density at radius 2 is 1.64 bits per heavy atom. The van der Waals surface area contributed by atoms with Crippen LogP contribution in [-0.4, -0.2) is 46.4 Å². The standard InChI is InChI=1S/C15H23F3N2O2/c16-15(17,18)13(9-3-1-2-4-9)19-14(22)20-10-5-6-11(20)8-12(21)7-10/h9-13,21H,1-8H2,(H,19,22)/t10-,11-,13-/m0/s1. The van der Waals surface area contributed by atoms with E-state index in [9.17, 15) is 23.1 Å². The first-order chi connectivity index (χ1) is 10.4. The summed E-state index contributed by atoms with van der Waals surface area (Å²) in [5.41, 5.74) is 0. The number of aliphatic hydroxyl groups is 1. The zero-order valence-electron chi connectivity index (χ0n) is 12.5. The number of carbonyl (C=O) groups is 1. The highest BCUT2D eigenvalue weighted by Crippen LogP contribution is 2.38. The molecule has 0 spiro atoms. The average Bonchev–Trinajstić information content (AvgIpc) is 3.02. The van der Waals surface area contributed by atoms with E-state index in [0.29, 0.717) is 25.7 Å². The molecular formula is C15H23F3N2O2. The van der Waals surface area contributed by atoms with E-state index in [1.54, 1.807) is 4.90 Å². The van der Waals surface area contributed by atoms with Crippen LogP contribution < -0.4 is 5.32 Å². The summed E-state index contributed by atoms with van der Waals surface area (Å²) in [5.74, 6) is -0.503. The SMILES string of the molecule is O=C(N[C@@H](C1CCCC1)C(F)(F)F)N1[C@H]2CC[C@H]1CC(O)C2. The molecule has 22 heavy (non-hydrogen) atoms. The van der Waals surface area contributed by atoms with Gasteiger partial charge in [-0.1, -0.05) is 12.8 Å². The number of aliphatic hydroxyl groups excluding tert-OH is 1. The Balaban J connectivity index is 1.69. The molecule has 0 unspecified atom stereocenters. The molecule has 0 aromatic heterocycles. The lowest BCUT2D eigenvalue weighted by Gasteiger charge is -2.39. The van der Waals surface area contributed by atoms with Crippen molar-refractivity contribution in [3.63, 3.8) is 0 Å². The van der Waals surface area contributed by atoms with E-state index >= 15 is 0 Å². The van der Waals surface area contributed by atoms with Crippen molar-refractivity contribution < 1.29 is 23.1 Å². The molecule has 2 N–H and O–H groups in total. The van der Waals surface area contributed by atoms with Crippen molar-refractivity contribution in [1.29, 1.82) is 0 Å². The average molecular weight is 320 g/mol. The van der Waals surface area contributed by atoms with Gasteiger partial charge in [0.1, 0.15) is 6.04 Å². The van der Waals surface area contributed by atoms with Gasteiger partial charge in [-0.15, -0.1) is 0 Å². The molecule has 0 aromatic carbocycles. The minimum absolute atomic E-state index is 0.119. The van der Waals surface area contributed by atoms with Crippen LogP contribution in [0.3, 0.4) is 0 Å². The van der Waals surface area contributed by atoms with Crippen LogP contribution in [0, 0.1) is 5.92 Å². The Hall–Kier alpha value is -0.980. The molecule has 0 radical (unpaired) electrons. The second kappa shape index (κ2) is 5.91. The molecule has 4 nitrogen and oxygen atoms in total. The van der Waals surface area contributed by atoms with Gasteiger partial charge in [0.2, 0.25) is 0 Å². The largest absolute Gasteiger partial charge is 0.408 e. The smallest absolute Gasteiger partial charge is 0.393 e. The Kier molecular flexibility index (Phi) is 4.27. The highest BCUT2D eigenvalue weighted by Gasteiger charge is 2.49. The molecule has 0 aromatic rings. The zero-order valence-corrected chi connectivity index (χ0v) is 12.5.